The summed E-state index contributed by atoms with van der Waals surface area (Å²) in [5.41, 5.74) is 0.792. The van der Waals surface area contributed by atoms with E-state index in [9.17, 15) is 4.79 Å². The highest BCUT2D eigenvalue weighted by Gasteiger charge is 2.32. The Morgan fingerprint density at radius 2 is 1.83 bits per heavy atom. The zero-order valence-corrected chi connectivity index (χ0v) is 15.5. The number of aromatic nitrogens is 2. The predicted molar refractivity (Wildman–Crippen MR) is 96.2 cm³/mol. The van der Waals surface area contributed by atoms with Gasteiger partial charge in [-0.15, -0.1) is 0 Å². The molecule has 0 spiro atoms. The summed E-state index contributed by atoms with van der Waals surface area (Å²) in [4.78, 5) is 26.4. The first-order valence-corrected chi connectivity index (χ1v) is 9.24. The van der Waals surface area contributed by atoms with Gasteiger partial charge in [-0.2, -0.15) is 0 Å². The van der Waals surface area contributed by atoms with Crippen LogP contribution in [0.2, 0.25) is 0 Å². The quantitative estimate of drug-likeness (QED) is 0.836. The molecular formula is C19H30N4O. The zero-order chi connectivity index (χ0) is 17.3. The van der Waals surface area contributed by atoms with E-state index in [2.05, 4.69) is 16.0 Å². The molecule has 132 valence electrons. The van der Waals surface area contributed by atoms with Gasteiger partial charge in [-0.1, -0.05) is 20.8 Å². The van der Waals surface area contributed by atoms with E-state index in [1.165, 1.54) is 12.8 Å². The van der Waals surface area contributed by atoms with E-state index in [-0.39, 0.29) is 11.3 Å². The molecule has 3 heterocycles. The largest absolute Gasteiger partial charge is 0.357 e. The van der Waals surface area contributed by atoms with Crippen molar-refractivity contribution in [3.63, 3.8) is 0 Å². The number of nitrogens with zero attached hydrogens (tertiary/aromatic N) is 4. The van der Waals surface area contributed by atoms with Gasteiger partial charge in [0.25, 0.3) is 0 Å². The molecule has 1 aromatic heterocycles. The Kier molecular flexibility index (Phi) is 4.79. The minimum absolute atomic E-state index is 0.248. The first-order valence-electron chi connectivity index (χ1n) is 9.24. The lowest BCUT2D eigenvalue weighted by atomic mass is 9.90. The van der Waals surface area contributed by atoms with Crippen LogP contribution in [0.15, 0.2) is 6.07 Å². The molecule has 1 atom stereocenters. The Morgan fingerprint density at radius 1 is 1.12 bits per heavy atom. The Morgan fingerprint density at radius 3 is 2.50 bits per heavy atom. The standard InChI is InChI=1S/C19H30N4O/c1-14-20-16(12-17(21-14)22-9-5-6-10-22)15-8-7-11-23(13-15)18(24)19(2,3)4/h12,15H,5-11,13H2,1-4H3/t15-/m1/s1. The fourth-order valence-corrected chi connectivity index (χ4v) is 3.77. The minimum atomic E-state index is -0.315. The fraction of sp³-hybridized carbons (Fsp3) is 0.737. The second-order valence-corrected chi connectivity index (χ2v) is 8.23. The van der Waals surface area contributed by atoms with Gasteiger partial charge in [0.15, 0.2) is 0 Å². The number of hydrogen-bond donors (Lipinski definition) is 0. The number of piperidine rings is 1. The van der Waals surface area contributed by atoms with Crippen LogP contribution < -0.4 is 4.90 Å². The van der Waals surface area contributed by atoms with E-state index in [1.54, 1.807) is 0 Å². The van der Waals surface area contributed by atoms with E-state index in [0.717, 1.165) is 56.4 Å². The highest BCUT2D eigenvalue weighted by atomic mass is 16.2. The summed E-state index contributed by atoms with van der Waals surface area (Å²) in [5.74, 6) is 2.48. The first-order chi connectivity index (χ1) is 11.3. The topological polar surface area (TPSA) is 49.3 Å². The maximum atomic E-state index is 12.6. The van der Waals surface area contributed by atoms with Crippen LogP contribution in [-0.4, -0.2) is 47.0 Å². The number of amides is 1. The van der Waals surface area contributed by atoms with Crippen molar-refractivity contribution in [1.82, 2.24) is 14.9 Å². The summed E-state index contributed by atoms with van der Waals surface area (Å²) < 4.78 is 0. The molecule has 0 aliphatic carbocycles. The van der Waals surface area contributed by atoms with E-state index >= 15 is 0 Å². The minimum Gasteiger partial charge on any atom is -0.357 e. The molecule has 5 heteroatoms. The Hall–Kier alpha value is -1.65. The average Bonchev–Trinajstić information content (AvgIpc) is 3.07. The van der Waals surface area contributed by atoms with Gasteiger partial charge in [0, 0.05) is 43.6 Å². The molecule has 2 fully saturated rings. The van der Waals surface area contributed by atoms with Crippen molar-refractivity contribution in [2.24, 2.45) is 5.41 Å². The summed E-state index contributed by atoms with van der Waals surface area (Å²) in [5, 5.41) is 0. The molecule has 1 aromatic rings. The molecule has 0 unspecified atom stereocenters. The maximum absolute atomic E-state index is 12.6. The van der Waals surface area contributed by atoms with Crippen LogP contribution in [0, 0.1) is 12.3 Å². The fourth-order valence-electron chi connectivity index (χ4n) is 3.77. The van der Waals surface area contributed by atoms with Crippen molar-refractivity contribution >= 4 is 11.7 Å². The predicted octanol–water partition coefficient (Wildman–Crippen LogP) is 3.14. The van der Waals surface area contributed by atoms with Crippen molar-refractivity contribution in [2.45, 2.75) is 59.3 Å². The van der Waals surface area contributed by atoms with Crippen molar-refractivity contribution < 1.29 is 4.79 Å². The molecule has 2 aliphatic rings. The van der Waals surface area contributed by atoms with Crippen molar-refractivity contribution in [1.29, 1.82) is 0 Å². The van der Waals surface area contributed by atoms with Gasteiger partial charge in [-0.25, -0.2) is 9.97 Å². The van der Waals surface area contributed by atoms with Gasteiger partial charge < -0.3 is 9.80 Å². The molecule has 2 saturated heterocycles. The lowest BCUT2D eigenvalue weighted by molar-refractivity contribution is -0.140. The van der Waals surface area contributed by atoms with E-state index in [0.29, 0.717) is 5.92 Å². The summed E-state index contributed by atoms with van der Waals surface area (Å²) in [6.45, 7) is 11.8. The van der Waals surface area contributed by atoms with Crippen molar-refractivity contribution in [2.75, 3.05) is 31.1 Å². The number of hydrogen-bond acceptors (Lipinski definition) is 4. The lowest BCUT2D eigenvalue weighted by Gasteiger charge is -2.36. The Bertz CT molecular complexity index is 602. The summed E-state index contributed by atoms with van der Waals surface area (Å²) in [6.07, 6.45) is 4.64. The van der Waals surface area contributed by atoms with Gasteiger partial charge in [0.1, 0.15) is 11.6 Å². The monoisotopic (exact) mass is 330 g/mol. The molecule has 0 N–H and O–H groups in total. The number of aryl methyl sites for hydroxylation is 1. The molecule has 5 nitrogen and oxygen atoms in total. The number of anilines is 1. The van der Waals surface area contributed by atoms with E-state index < -0.39 is 0 Å². The Labute approximate surface area is 145 Å². The zero-order valence-electron chi connectivity index (χ0n) is 15.5. The maximum Gasteiger partial charge on any atom is 0.227 e. The van der Waals surface area contributed by atoms with Crippen molar-refractivity contribution in [3.8, 4) is 0 Å². The SMILES string of the molecule is Cc1nc([C@@H]2CCCN(C(=O)C(C)(C)C)C2)cc(N2CCCC2)n1. The number of carbonyl (C=O) groups is 1. The highest BCUT2D eigenvalue weighted by Crippen LogP contribution is 2.30. The normalized spacial score (nSPS) is 22.1. The third kappa shape index (κ3) is 3.70. The summed E-state index contributed by atoms with van der Waals surface area (Å²) >= 11 is 0. The van der Waals surface area contributed by atoms with Gasteiger partial charge in [0.2, 0.25) is 5.91 Å². The first kappa shape index (κ1) is 17.2. The van der Waals surface area contributed by atoms with Gasteiger partial charge in [0.05, 0.1) is 5.69 Å². The van der Waals surface area contributed by atoms with Crippen molar-refractivity contribution in [3.05, 3.63) is 17.6 Å². The molecule has 24 heavy (non-hydrogen) atoms. The van der Waals surface area contributed by atoms with Crippen LogP contribution in [0.4, 0.5) is 5.82 Å². The van der Waals surface area contributed by atoms with Gasteiger partial charge in [-0.05, 0) is 32.6 Å². The van der Waals surface area contributed by atoms with Gasteiger partial charge >= 0.3 is 0 Å². The molecular weight excluding hydrogens is 300 g/mol. The van der Waals surface area contributed by atoms with Crippen LogP contribution >= 0.6 is 0 Å². The van der Waals surface area contributed by atoms with E-state index in [1.807, 2.05) is 32.6 Å². The number of carbonyl (C=O) groups excluding carboxylic acids is 1. The number of rotatable bonds is 2. The molecule has 3 rings (SSSR count). The second-order valence-electron chi connectivity index (χ2n) is 8.23. The third-order valence-corrected chi connectivity index (χ3v) is 5.04. The van der Waals surface area contributed by atoms with Crippen LogP contribution in [-0.2, 0) is 4.79 Å². The second kappa shape index (κ2) is 6.69. The van der Waals surface area contributed by atoms with E-state index in [4.69, 9.17) is 4.98 Å². The van der Waals surface area contributed by atoms with Crippen LogP contribution in [0.5, 0.6) is 0 Å². The molecule has 0 aromatic carbocycles. The van der Waals surface area contributed by atoms with Crippen LogP contribution in [0.3, 0.4) is 0 Å². The molecule has 0 saturated carbocycles. The van der Waals surface area contributed by atoms with Crippen LogP contribution in [0.1, 0.15) is 63.9 Å². The lowest BCUT2D eigenvalue weighted by Crippen LogP contribution is -2.44. The molecule has 0 radical (unpaired) electrons. The third-order valence-electron chi connectivity index (χ3n) is 5.04. The molecule has 1 amide bonds. The smallest absolute Gasteiger partial charge is 0.227 e. The summed E-state index contributed by atoms with van der Waals surface area (Å²) in [6, 6.07) is 2.16. The van der Waals surface area contributed by atoms with Gasteiger partial charge in [-0.3, -0.25) is 4.79 Å². The average molecular weight is 330 g/mol. The highest BCUT2D eigenvalue weighted by molar-refractivity contribution is 5.81. The molecule has 2 aliphatic heterocycles. The number of likely N-dealkylation sites (tertiary alicyclic amines) is 1. The van der Waals surface area contributed by atoms with Crippen LogP contribution in [0.25, 0.3) is 0 Å². The summed E-state index contributed by atoms with van der Waals surface area (Å²) in [7, 11) is 0. The Balaban J connectivity index is 1.79. The molecule has 0 bridgehead atoms.